The number of hydrogen-bond donors (Lipinski definition) is 3. The fourth-order valence-electron chi connectivity index (χ4n) is 3.95. The van der Waals surface area contributed by atoms with Gasteiger partial charge in [0, 0.05) is 23.7 Å². The molecule has 3 aromatic heterocycles. The van der Waals surface area contributed by atoms with Crippen LogP contribution in [0.3, 0.4) is 0 Å². The predicted molar refractivity (Wildman–Crippen MR) is 122 cm³/mol. The summed E-state index contributed by atoms with van der Waals surface area (Å²) >= 11 is 0. The molecule has 1 aliphatic rings. The zero-order chi connectivity index (χ0) is 23.1. The molecule has 10 heteroatoms. The lowest BCUT2D eigenvalue weighted by atomic mass is 10.1. The van der Waals surface area contributed by atoms with Gasteiger partial charge >= 0.3 is 0 Å². The van der Waals surface area contributed by atoms with Gasteiger partial charge in [-0.3, -0.25) is 10.7 Å². The number of halogens is 1. The molecule has 9 nitrogen and oxygen atoms in total. The van der Waals surface area contributed by atoms with E-state index in [0.717, 1.165) is 34.9 Å². The van der Waals surface area contributed by atoms with Crippen LogP contribution in [0.1, 0.15) is 29.8 Å². The van der Waals surface area contributed by atoms with Gasteiger partial charge in [-0.25, -0.2) is 23.7 Å². The van der Waals surface area contributed by atoms with E-state index in [0.29, 0.717) is 28.9 Å². The number of aromatic nitrogens is 6. The number of benzene rings is 1. The third kappa shape index (κ3) is 4.05. The molecule has 1 saturated carbocycles. The molecule has 0 aliphatic heterocycles. The van der Waals surface area contributed by atoms with Crippen molar-refractivity contribution < 1.29 is 9.60 Å². The van der Waals surface area contributed by atoms with Crippen molar-refractivity contribution in [3.05, 3.63) is 59.4 Å². The minimum atomic E-state index is -0.274. The lowest BCUT2D eigenvalue weighted by molar-refractivity contribution is 0.388. The highest BCUT2D eigenvalue weighted by molar-refractivity contribution is 5.71. The molecule has 33 heavy (non-hydrogen) atoms. The van der Waals surface area contributed by atoms with Gasteiger partial charge in [0.2, 0.25) is 0 Å². The Bertz CT molecular complexity index is 1310. The van der Waals surface area contributed by atoms with Gasteiger partial charge < -0.3 is 5.32 Å². The van der Waals surface area contributed by atoms with Crippen LogP contribution in [0.5, 0.6) is 0 Å². The number of hydrogen-bond acceptors (Lipinski definition) is 7. The molecule has 0 spiro atoms. The molecule has 170 valence electrons. The van der Waals surface area contributed by atoms with E-state index in [1.807, 2.05) is 18.5 Å². The zero-order valence-corrected chi connectivity index (χ0v) is 18.7. The van der Waals surface area contributed by atoms with Crippen molar-refractivity contribution in [1.82, 2.24) is 29.5 Å². The quantitative estimate of drug-likeness (QED) is 0.356. The zero-order valence-electron chi connectivity index (χ0n) is 18.7. The summed E-state index contributed by atoms with van der Waals surface area (Å²) in [6.45, 7) is 6.46. The van der Waals surface area contributed by atoms with Crippen LogP contribution in [-0.2, 0) is 6.54 Å². The van der Waals surface area contributed by atoms with E-state index in [9.17, 15) is 9.60 Å². The normalized spacial score (nSPS) is 13.4. The highest BCUT2D eigenvalue weighted by atomic mass is 19.1. The summed E-state index contributed by atoms with van der Waals surface area (Å²) < 4.78 is 17.1. The van der Waals surface area contributed by atoms with Crippen molar-refractivity contribution >= 4 is 17.3 Å². The maximum atomic E-state index is 13.4. The molecule has 3 N–H and O–H groups in total. The Morgan fingerprint density at radius 2 is 1.85 bits per heavy atom. The van der Waals surface area contributed by atoms with Crippen LogP contribution in [0.2, 0.25) is 0 Å². The second-order valence-corrected chi connectivity index (χ2v) is 8.41. The predicted octanol–water partition coefficient (Wildman–Crippen LogP) is 4.54. The summed E-state index contributed by atoms with van der Waals surface area (Å²) in [5, 5.41) is 22.1. The van der Waals surface area contributed by atoms with Crippen molar-refractivity contribution in [2.24, 2.45) is 5.92 Å². The lowest BCUT2D eigenvalue weighted by Crippen LogP contribution is -2.09. The monoisotopic (exact) mass is 448 g/mol. The molecule has 0 amide bonds. The molecule has 1 aromatic carbocycles. The number of rotatable bonds is 7. The minimum absolute atomic E-state index is 0.274. The molecule has 4 aromatic rings. The maximum Gasteiger partial charge on any atom is 0.159 e. The van der Waals surface area contributed by atoms with Gasteiger partial charge in [0.15, 0.2) is 5.82 Å². The first kappa shape index (κ1) is 21.1. The average Bonchev–Trinajstić information content (AvgIpc) is 3.52. The van der Waals surface area contributed by atoms with Gasteiger partial charge in [0.1, 0.15) is 29.5 Å². The summed E-state index contributed by atoms with van der Waals surface area (Å²) in [7, 11) is 0. The van der Waals surface area contributed by atoms with Crippen LogP contribution in [0.25, 0.3) is 17.1 Å². The number of anilines is 3. The molecule has 3 heterocycles. The van der Waals surface area contributed by atoms with Gasteiger partial charge in [-0.15, -0.1) is 0 Å². The van der Waals surface area contributed by atoms with Crippen LogP contribution in [-0.4, -0.2) is 34.7 Å². The van der Waals surface area contributed by atoms with E-state index >= 15 is 0 Å². The van der Waals surface area contributed by atoms with E-state index in [-0.39, 0.29) is 5.82 Å². The molecule has 0 radical (unpaired) electrons. The fraction of sp³-hybridized carbons (Fsp3) is 0.304. The Hall–Kier alpha value is -3.79. The summed E-state index contributed by atoms with van der Waals surface area (Å²) in [5.74, 6) is 2.35. The van der Waals surface area contributed by atoms with Crippen LogP contribution in [0.4, 0.5) is 21.7 Å². The van der Waals surface area contributed by atoms with Crippen molar-refractivity contribution in [3.8, 4) is 17.1 Å². The van der Waals surface area contributed by atoms with Crippen LogP contribution < -0.4 is 10.8 Å². The van der Waals surface area contributed by atoms with Crippen molar-refractivity contribution in [2.45, 2.75) is 40.2 Å². The van der Waals surface area contributed by atoms with E-state index < -0.39 is 0 Å². The van der Waals surface area contributed by atoms with Crippen molar-refractivity contribution in [2.75, 3.05) is 10.8 Å². The Morgan fingerprint density at radius 3 is 2.52 bits per heavy atom. The lowest BCUT2D eigenvalue weighted by Gasteiger charge is -2.11. The Morgan fingerprint density at radius 1 is 1.09 bits per heavy atom. The highest BCUT2D eigenvalue weighted by Crippen LogP contribution is 2.35. The average molecular weight is 449 g/mol. The Labute approximate surface area is 190 Å². The molecule has 0 bridgehead atoms. The van der Waals surface area contributed by atoms with Crippen molar-refractivity contribution in [3.63, 3.8) is 0 Å². The summed E-state index contributed by atoms with van der Waals surface area (Å²) in [4.78, 5) is 8.74. The molecule has 0 unspecified atom stereocenters. The maximum absolute atomic E-state index is 13.4. The van der Waals surface area contributed by atoms with Crippen molar-refractivity contribution in [1.29, 1.82) is 0 Å². The van der Waals surface area contributed by atoms with Crippen LogP contribution in [0, 0.1) is 32.5 Å². The third-order valence-electron chi connectivity index (χ3n) is 5.95. The topological polar surface area (TPSA) is 106 Å². The standard InChI is InChI=1S/C23H25FN8O/c1-13-21(17-6-8-18(24)9-7-17)29-31(11-16-4-5-16)23(13)27-19-10-20(26-12-25-19)32-15(3)22(30-33)14(2)28-32/h6-10,12,16,30,33H,4-5,11H2,1-3H3,(H,25,26,27). The largest absolute Gasteiger partial charge is 0.325 e. The first-order valence-corrected chi connectivity index (χ1v) is 10.8. The number of aryl methyl sites for hydroxylation is 1. The van der Waals surface area contributed by atoms with Crippen LogP contribution >= 0.6 is 0 Å². The third-order valence-corrected chi connectivity index (χ3v) is 5.95. The van der Waals surface area contributed by atoms with E-state index in [4.69, 9.17) is 5.10 Å². The molecule has 5 rings (SSSR count). The first-order chi connectivity index (χ1) is 15.9. The molecule has 0 atom stereocenters. The minimum Gasteiger partial charge on any atom is -0.325 e. The second-order valence-electron chi connectivity index (χ2n) is 8.41. The van der Waals surface area contributed by atoms with E-state index in [1.54, 1.807) is 29.8 Å². The summed E-state index contributed by atoms with van der Waals surface area (Å²) in [6, 6.07) is 8.18. The van der Waals surface area contributed by atoms with Gasteiger partial charge in [0.05, 0.1) is 17.1 Å². The van der Waals surface area contributed by atoms with Gasteiger partial charge in [0.25, 0.3) is 0 Å². The van der Waals surface area contributed by atoms with Gasteiger partial charge in [-0.1, -0.05) is 0 Å². The summed E-state index contributed by atoms with van der Waals surface area (Å²) in [5.41, 5.74) is 6.76. The van der Waals surface area contributed by atoms with E-state index in [1.165, 1.54) is 31.3 Å². The van der Waals surface area contributed by atoms with Crippen LogP contribution in [0.15, 0.2) is 36.7 Å². The summed E-state index contributed by atoms with van der Waals surface area (Å²) in [6.07, 6.45) is 3.86. The SMILES string of the molecule is Cc1nn(-c2cc(Nc3c(C)c(-c4ccc(F)cc4)nn3CC3CC3)ncn2)c(C)c1NO. The van der Waals surface area contributed by atoms with E-state index in [2.05, 4.69) is 25.9 Å². The molecule has 1 fully saturated rings. The molecule has 1 aliphatic carbocycles. The second kappa shape index (κ2) is 8.28. The molecular formula is C23H25FN8O. The Balaban J connectivity index is 1.51. The highest BCUT2D eigenvalue weighted by Gasteiger charge is 2.26. The number of nitrogens with zero attached hydrogens (tertiary/aromatic N) is 6. The molecular weight excluding hydrogens is 423 g/mol. The number of nitrogens with one attached hydrogen (secondary N) is 2. The smallest absolute Gasteiger partial charge is 0.159 e. The van der Waals surface area contributed by atoms with Gasteiger partial charge in [-0.05, 0) is 63.8 Å². The van der Waals surface area contributed by atoms with Gasteiger partial charge in [-0.2, -0.15) is 10.2 Å². The first-order valence-electron chi connectivity index (χ1n) is 10.8. The Kier molecular flexibility index (Phi) is 5.29. The molecule has 0 saturated heterocycles. The fourth-order valence-corrected chi connectivity index (χ4v) is 3.95.